The first-order valence-corrected chi connectivity index (χ1v) is 6.55. The van der Waals surface area contributed by atoms with Gasteiger partial charge in [0.2, 0.25) is 5.88 Å². The van der Waals surface area contributed by atoms with Gasteiger partial charge in [0, 0.05) is 24.0 Å². The van der Waals surface area contributed by atoms with E-state index >= 15 is 0 Å². The van der Waals surface area contributed by atoms with Gasteiger partial charge in [-0.2, -0.15) is 0 Å². The molecule has 2 aromatic rings. The number of hydrogen-bond acceptors (Lipinski definition) is 5. The van der Waals surface area contributed by atoms with E-state index in [9.17, 15) is 15.0 Å². The van der Waals surface area contributed by atoms with Gasteiger partial charge in [0.05, 0.1) is 11.6 Å². The maximum absolute atomic E-state index is 10.6. The third-order valence-corrected chi connectivity index (χ3v) is 3.06. The zero-order chi connectivity index (χ0) is 15.6. The van der Waals surface area contributed by atoms with Gasteiger partial charge in [0.15, 0.2) is 0 Å². The highest BCUT2D eigenvalue weighted by Gasteiger charge is 2.17. The molecule has 0 radical (unpaired) electrons. The van der Waals surface area contributed by atoms with E-state index in [1.54, 1.807) is 6.07 Å². The van der Waals surface area contributed by atoms with Gasteiger partial charge in [-0.25, -0.2) is 4.79 Å². The fourth-order valence-electron chi connectivity index (χ4n) is 2.10. The summed E-state index contributed by atoms with van der Waals surface area (Å²) in [6.45, 7) is 4.28. The van der Waals surface area contributed by atoms with Crippen LogP contribution in [0.25, 0.3) is 10.9 Å². The van der Waals surface area contributed by atoms with Crippen LogP contribution in [0, 0.1) is 0 Å². The molecule has 1 aromatic carbocycles. The summed E-state index contributed by atoms with van der Waals surface area (Å²) in [4.78, 5) is 13.2. The number of benzene rings is 1. The molecule has 1 aromatic heterocycles. The molecule has 0 aliphatic rings. The molecule has 5 N–H and O–H groups in total. The number of aromatic nitrogens is 1. The number of nitrogens with one attached hydrogen (secondary N) is 2. The number of ether oxygens (including phenoxy) is 1. The lowest BCUT2D eigenvalue weighted by molar-refractivity contribution is 0.143. The van der Waals surface area contributed by atoms with Crippen LogP contribution in [0.4, 0.5) is 4.79 Å². The Morgan fingerprint density at radius 2 is 2.14 bits per heavy atom. The number of aromatic amines is 1. The first-order valence-electron chi connectivity index (χ1n) is 6.55. The number of aromatic hydroxyl groups is 1. The SMILES string of the molecule is CC(C)NCC(O)c1ccc(O)c2[nH]c(OC(=O)O)cc12. The van der Waals surface area contributed by atoms with Gasteiger partial charge in [0.25, 0.3) is 0 Å². The van der Waals surface area contributed by atoms with Gasteiger partial charge < -0.3 is 30.4 Å². The van der Waals surface area contributed by atoms with E-state index in [1.807, 2.05) is 13.8 Å². The molecule has 1 heterocycles. The average Bonchev–Trinajstić information content (AvgIpc) is 2.79. The second-order valence-electron chi connectivity index (χ2n) is 5.04. The van der Waals surface area contributed by atoms with Crippen LogP contribution in [0.5, 0.6) is 11.6 Å². The van der Waals surface area contributed by atoms with Gasteiger partial charge in [-0.3, -0.25) is 0 Å². The Balaban J connectivity index is 2.37. The molecule has 0 saturated carbocycles. The Hall–Kier alpha value is -2.25. The first kappa shape index (κ1) is 15.1. The first-order chi connectivity index (χ1) is 9.88. The van der Waals surface area contributed by atoms with E-state index in [0.717, 1.165) is 0 Å². The van der Waals surface area contributed by atoms with Crippen LogP contribution in [0.3, 0.4) is 0 Å². The molecule has 1 atom stereocenters. The Labute approximate surface area is 121 Å². The van der Waals surface area contributed by atoms with Crippen molar-refractivity contribution in [2.75, 3.05) is 6.54 Å². The Morgan fingerprint density at radius 1 is 1.43 bits per heavy atom. The van der Waals surface area contributed by atoms with Gasteiger partial charge in [-0.1, -0.05) is 19.9 Å². The minimum absolute atomic E-state index is 0.00994. The molecule has 7 nitrogen and oxygen atoms in total. The van der Waals surface area contributed by atoms with Gasteiger partial charge in [-0.05, 0) is 11.6 Å². The predicted octanol–water partition coefficient (Wildman–Crippen LogP) is 1.96. The smallest absolute Gasteiger partial charge is 0.506 e. The summed E-state index contributed by atoms with van der Waals surface area (Å²) in [5.41, 5.74) is 0.903. The van der Waals surface area contributed by atoms with E-state index < -0.39 is 12.3 Å². The van der Waals surface area contributed by atoms with Crippen LogP contribution < -0.4 is 10.1 Å². The number of aliphatic hydroxyl groups excluding tert-OH is 1. The molecular weight excluding hydrogens is 276 g/mol. The highest BCUT2D eigenvalue weighted by molar-refractivity contribution is 5.90. The lowest BCUT2D eigenvalue weighted by atomic mass is 10.0. The number of phenolic OH excluding ortho intramolecular Hbond substituents is 1. The average molecular weight is 294 g/mol. The standard InChI is InChI=1S/C14H18N2O5/c1-7(2)15-6-11(18)8-3-4-10(17)13-9(8)5-12(16-13)21-14(19)20/h3-5,7,11,15-18H,6H2,1-2H3,(H,19,20). The van der Waals surface area contributed by atoms with Crippen LogP contribution in [0.2, 0.25) is 0 Å². The molecule has 114 valence electrons. The van der Waals surface area contributed by atoms with Gasteiger partial charge in [0.1, 0.15) is 5.75 Å². The van der Waals surface area contributed by atoms with E-state index in [1.165, 1.54) is 12.1 Å². The van der Waals surface area contributed by atoms with Gasteiger partial charge in [-0.15, -0.1) is 0 Å². The molecule has 2 rings (SSSR count). The zero-order valence-electron chi connectivity index (χ0n) is 11.8. The molecule has 1 unspecified atom stereocenters. The highest BCUT2D eigenvalue weighted by Crippen LogP contribution is 2.33. The fourth-order valence-corrected chi connectivity index (χ4v) is 2.10. The van der Waals surface area contributed by atoms with E-state index in [4.69, 9.17) is 5.11 Å². The molecule has 0 aliphatic heterocycles. The summed E-state index contributed by atoms with van der Waals surface area (Å²) in [7, 11) is 0. The van der Waals surface area contributed by atoms with Crippen molar-refractivity contribution in [3.05, 3.63) is 23.8 Å². The third-order valence-electron chi connectivity index (χ3n) is 3.06. The summed E-state index contributed by atoms with van der Waals surface area (Å²) in [6, 6.07) is 4.71. The molecular formula is C14H18N2O5. The molecule has 0 aliphatic carbocycles. The van der Waals surface area contributed by atoms with Crippen molar-refractivity contribution in [2.45, 2.75) is 26.0 Å². The third kappa shape index (κ3) is 3.45. The van der Waals surface area contributed by atoms with Crippen molar-refractivity contribution in [3.63, 3.8) is 0 Å². The van der Waals surface area contributed by atoms with Crippen molar-refractivity contribution in [3.8, 4) is 11.6 Å². The minimum Gasteiger partial charge on any atom is -0.506 e. The maximum Gasteiger partial charge on any atom is 0.512 e. The number of phenols is 1. The molecule has 0 amide bonds. The second-order valence-corrected chi connectivity index (χ2v) is 5.04. The van der Waals surface area contributed by atoms with E-state index in [0.29, 0.717) is 23.0 Å². The number of rotatable bonds is 5. The number of H-pyrrole nitrogens is 1. The Kier molecular flexibility index (Phi) is 4.35. The topological polar surface area (TPSA) is 115 Å². The van der Waals surface area contributed by atoms with Crippen molar-refractivity contribution in [2.24, 2.45) is 0 Å². The molecule has 0 saturated heterocycles. The number of carboxylic acid groups (broad SMARTS) is 1. The highest BCUT2D eigenvalue weighted by atomic mass is 16.7. The maximum atomic E-state index is 10.6. The minimum atomic E-state index is -1.45. The monoisotopic (exact) mass is 294 g/mol. The number of fused-ring (bicyclic) bond motifs is 1. The second kappa shape index (κ2) is 6.02. The quantitative estimate of drug-likeness (QED) is 0.538. The lowest BCUT2D eigenvalue weighted by Crippen LogP contribution is -2.27. The molecule has 0 fully saturated rings. The van der Waals surface area contributed by atoms with Crippen LogP contribution in [0.15, 0.2) is 18.2 Å². The van der Waals surface area contributed by atoms with E-state index in [-0.39, 0.29) is 17.7 Å². The van der Waals surface area contributed by atoms with Crippen molar-refractivity contribution < 1.29 is 24.9 Å². The normalized spacial score (nSPS) is 12.8. The number of hydrogen-bond donors (Lipinski definition) is 5. The zero-order valence-corrected chi connectivity index (χ0v) is 11.8. The van der Waals surface area contributed by atoms with E-state index in [2.05, 4.69) is 15.0 Å². The summed E-state index contributed by atoms with van der Waals surface area (Å²) < 4.78 is 4.54. The predicted molar refractivity (Wildman–Crippen MR) is 76.7 cm³/mol. The summed E-state index contributed by atoms with van der Waals surface area (Å²) >= 11 is 0. The molecule has 0 spiro atoms. The Morgan fingerprint density at radius 3 is 2.76 bits per heavy atom. The largest absolute Gasteiger partial charge is 0.512 e. The van der Waals surface area contributed by atoms with Crippen molar-refractivity contribution in [1.82, 2.24) is 10.3 Å². The summed E-state index contributed by atoms with van der Waals surface area (Å²) in [5.74, 6) is -0.0534. The fraction of sp³-hybridized carbons (Fsp3) is 0.357. The number of carbonyl (C=O) groups is 1. The van der Waals surface area contributed by atoms with Gasteiger partial charge >= 0.3 is 6.16 Å². The molecule has 21 heavy (non-hydrogen) atoms. The molecule has 7 heteroatoms. The van der Waals surface area contributed by atoms with Crippen molar-refractivity contribution >= 4 is 17.1 Å². The summed E-state index contributed by atoms with van der Waals surface area (Å²) in [5, 5.41) is 32.3. The number of aliphatic hydroxyl groups is 1. The van der Waals surface area contributed by atoms with Crippen LogP contribution in [-0.4, -0.2) is 39.0 Å². The Bertz CT molecular complexity index is 650. The van der Waals surface area contributed by atoms with Crippen LogP contribution >= 0.6 is 0 Å². The van der Waals surface area contributed by atoms with Crippen LogP contribution in [-0.2, 0) is 0 Å². The van der Waals surface area contributed by atoms with Crippen LogP contribution in [0.1, 0.15) is 25.5 Å². The summed E-state index contributed by atoms with van der Waals surface area (Å²) in [6.07, 6.45) is -2.24. The van der Waals surface area contributed by atoms with Crippen molar-refractivity contribution in [1.29, 1.82) is 0 Å². The molecule has 0 bridgehead atoms. The lowest BCUT2D eigenvalue weighted by Gasteiger charge is -2.15.